The lowest BCUT2D eigenvalue weighted by Crippen LogP contribution is -2.39. The van der Waals surface area contributed by atoms with Crippen molar-refractivity contribution in [2.24, 2.45) is 23.1 Å². The molecule has 3 unspecified atom stereocenters. The van der Waals surface area contributed by atoms with E-state index >= 15 is 0 Å². The molecule has 0 bridgehead atoms. The van der Waals surface area contributed by atoms with E-state index < -0.39 is 0 Å². The van der Waals surface area contributed by atoms with Crippen molar-refractivity contribution in [2.45, 2.75) is 57.8 Å². The molecule has 126 valence electrons. The highest BCUT2D eigenvalue weighted by Crippen LogP contribution is 2.60. The Hall–Kier alpha value is -0.750. The SMILES string of the molecule is C[C@@]12CCCC1C1CCc3cc(OSOON)ccc3C1CC2. The molecule has 3 aliphatic carbocycles. The molecule has 0 aromatic heterocycles. The van der Waals surface area contributed by atoms with Crippen LogP contribution >= 0.6 is 12.3 Å². The predicted molar refractivity (Wildman–Crippen MR) is 90.3 cm³/mol. The fourth-order valence-electron chi connectivity index (χ4n) is 5.67. The van der Waals surface area contributed by atoms with Crippen LogP contribution in [0.1, 0.15) is 62.5 Å². The lowest BCUT2D eigenvalue weighted by Gasteiger charge is -2.49. The van der Waals surface area contributed by atoms with Gasteiger partial charge in [0.15, 0.2) is 0 Å². The average molecular weight is 335 g/mol. The standard InChI is InChI=1S/C18H25NO3S/c1-18-9-2-3-17(18)16-6-4-12-11-13(20-23-22-21-19)5-7-14(12)15(16)8-10-18/h5,7,11,15-17H,2-4,6,8-10,19H2,1H3/t15?,16?,17?,18-/m0/s1. The van der Waals surface area contributed by atoms with E-state index in [1.54, 1.807) is 5.56 Å². The Kier molecular flexibility index (Phi) is 4.30. The molecule has 4 rings (SSSR count). The van der Waals surface area contributed by atoms with Gasteiger partial charge in [-0.3, -0.25) is 0 Å². The molecule has 2 saturated carbocycles. The third-order valence-corrected chi connectivity index (χ3v) is 7.07. The monoisotopic (exact) mass is 335 g/mol. The summed E-state index contributed by atoms with van der Waals surface area (Å²) < 4.78 is 9.92. The molecule has 0 amide bonds. The zero-order chi connectivity index (χ0) is 15.9. The van der Waals surface area contributed by atoms with Gasteiger partial charge in [-0.25, -0.2) is 0 Å². The van der Waals surface area contributed by atoms with Crippen LogP contribution in [0.25, 0.3) is 0 Å². The maximum atomic E-state index is 5.42. The molecule has 2 fully saturated rings. The molecule has 0 radical (unpaired) electrons. The number of benzene rings is 1. The zero-order valence-electron chi connectivity index (χ0n) is 13.6. The summed E-state index contributed by atoms with van der Waals surface area (Å²) in [5.41, 5.74) is 3.63. The van der Waals surface area contributed by atoms with Gasteiger partial charge in [-0.1, -0.05) is 19.4 Å². The summed E-state index contributed by atoms with van der Waals surface area (Å²) in [5, 5.41) is 0. The molecule has 5 heteroatoms. The number of fused-ring (bicyclic) bond motifs is 5. The summed E-state index contributed by atoms with van der Waals surface area (Å²) in [6, 6.07) is 6.46. The number of aryl methyl sites for hydroxylation is 1. The number of hydrogen-bond donors (Lipinski definition) is 1. The third-order valence-electron chi connectivity index (χ3n) is 6.68. The van der Waals surface area contributed by atoms with E-state index in [4.69, 9.17) is 10.1 Å². The highest BCUT2D eigenvalue weighted by atomic mass is 32.2. The molecule has 1 aromatic carbocycles. The van der Waals surface area contributed by atoms with Crippen LogP contribution in [0.3, 0.4) is 0 Å². The Morgan fingerprint density at radius 1 is 1.22 bits per heavy atom. The van der Waals surface area contributed by atoms with Gasteiger partial charge >= 0.3 is 0 Å². The highest BCUT2D eigenvalue weighted by molar-refractivity contribution is 7.90. The minimum Gasteiger partial charge on any atom is -0.399 e. The van der Waals surface area contributed by atoms with Gasteiger partial charge in [0.1, 0.15) is 5.75 Å². The molecule has 1 aromatic rings. The lowest BCUT2D eigenvalue weighted by atomic mass is 9.56. The van der Waals surface area contributed by atoms with Crippen LogP contribution in [-0.2, 0) is 15.7 Å². The molecular weight excluding hydrogens is 310 g/mol. The molecule has 0 spiro atoms. The first-order valence-corrected chi connectivity index (χ1v) is 9.37. The quantitative estimate of drug-likeness (QED) is 0.374. The molecule has 0 heterocycles. The molecule has 4 atom stereocenters. The van der Waals surface area contributed by atoms with E-state index in [1.807, 2.05) is 6.07 Å². The van der Waals surface area contributed by atoms with Crippen LogP contribution in [0.4, 0.5) is 0 Å². The van der Waals surface area contributed by atoms with Crippen LogP contribution in [0.5, 0.6) is 5.75 Å². The minimum absolute atomic E-state index is 0.623. The molecular formula is C18H25NO3S. The second kappa shape index (κ2) is 6.28. The summed E-state index contributed by atoms with van der Waals surface area (Å²) in [4.78, 5) is 4.03. The van der Waals surface area contributed by atoms with E-state index in [1.165, 1.54) is 50.5 Å². The average Bonchev–Trinajstić information content (AvgIpc) is 2.96. The molecule has 23 heavy (non-hydrogen) atoms. The van der Waals surface area contributed by atoms with Crippen molar-refractivity contribution in [1.82, 2.24) is 0 Å². The van der Waals surface area contributed by atoms with Crippen molar-refractivity contribution in [3.8, 4) is 5.75 Å². The topological polar surface area (TPSA) is 53.7 Å². The maximum Gasteiger partial charge on any atom is 0.260 e. The Labute approximate surface area is 142 Å². The summed E-state index contributed by atoms with van der Waals surface area (Å²) >= 11 is 0.745. The Bertz CT molecular complexity index is 581. The molecule has 4 nitrogen and oxygen atoms in total. The Morgan fingerprint density at radius 3 is 3.00 bits per heavy atom. The first-order chi connectivity index (χ1) is 11.2. The maximum absolute atomic E-state index is 5.42. The summed E-state index contributed by atoms with van der Waals surface area (Å²) in [7, 11) is 0. The molecule has 2 N–H and O–H groups in total. The minimum atomic E-state index is 0.623. The van der Waals surface area contributed by atoms with Crippen molar-refractivity contribution in [2.75, 3.05) is 0 Å². The van der Waals surface area contributed by atoms with Crippen molar-refractivity contribution >= 4 is 12.3 Å². The third kappa shape index (κ3) is 2.78. The normalized spacial score (nSPS) is 35.3. The van der Waals surface area contributed by atoms with Crippen LogP contribution < -0.4 is 10.1 Å². The van der Waals surface area contributed by atoms with E-state index in [0.29, 0.717) is 5.41 Å². The van der Waals surface area contributed by atoms with Crippen molar-refractivity contribution in [3.63, 3.8) is 0 Å². The smallest absolute Gasteiger partial charge is 0.260 e. The molecule has 0 saturated heterocycles. The van der Waals surface area contributed by atoms with Crippen LogP contribution in [0, 0.1) is 17.3 Å². The van der Waals surface area contributed by atoms with Gasteiger partial charge in [-0.2, -0.15) is 5.90 Å². The largest absolute Gasteiger partial charge is 0.399 e. The first-order valence-electron chi connectivity index (χ1n) is 8.71. The van der Waals surface area contributed by atoms with Crippen LogP contribution in [0.15, 0.2) is 18.2 Å². The molecule has 3 aliphatic rings. The number of nitrogens with two attached hydrogens (primary N) is 1. The summed E-state index contributed by atoms with van der Waals surface area (Å²) in [6.45, 7) is 2.55. The lowest BCUT2D eigenvalue weighted by molar-refractivity contribution is -0.199. The van der Waals surface area contributed by atoms with Gasteiger partial charge in [-0.15, -0.1) is 9.32 Å². The van der Waals surface area contributed by atoms with Gasteiger partial charge in [0.25, 0.3) is 12.3 Å². The Morgan fingerprint density at radius 2 is 2.13 bits per heavy atom. The number of rotatable bonds is 4. The summed E-state index contributed by atoms with van der Waals surface area (Å²) in [6.07, 6.45) is 9.57. The van der Waals surface area contributed by atoms with E-state index in [2.05, 4.69) is 28.4 Å². The number of hydrogen-bond acceptors (Lipinski definition) is 5. The Balaban J connectivity index is 1.54. The van der Waals surface area contributed by atoms with E-state index in [-0.39, 0.29) is 0 Å². The van der Waals surface area contributed by atoms with Crippen LogP contribution in [0.2, 0.25) is 0 Å². The second-order valence-electron chi connectivity index (χ2n) is 7.68. The van der Waals surface area contributed by atoms with Crippen molar-refractivity contribution in [1.29, 1.82) is 0 Å². The van der Waals surface area contributed by atoms with Crippen molar-refractivity contribution < 1.29 is 13.5 Å². The van der Waals surface area contributed by atoms with Gasteiger partial charge in [0, 0.05) is 0 Å². The predicted octanol–water partition coefficient (Wildman–Crippen LogP) is 4.70. The van der Waals surface area contributed by atoms with E-state index in [0.717, 1.165) is 35.8 Å². The second-order valence-corrected chi connectivity index (χ2v) is 8.12. The fourth-order valence-corrected chi connectivity index (χ4v) is 5.91. The van der Waals surface area contributed by atoms with Gasteiger partial charge in [0.2, 0.25) is 0 Å². The summed E-state index contributed by atoms with van der Waals surface area (Å²) in [5.74, 6) is 8.18. The zero-order valence-corrected chi connectivity index (χ0v) is 14.4. The van der Waals surface area contributed by atoms with Gasteiger partial charge in [0.05, 0.1) is 0 Å². The fraction of sp³-hybridized carbons (Fsp3) is 0.667. The molecule has 0 aliphatic heterocycles. The van der Waals surface area contributed by atoms with Gasteiger partial charge in [-0.05, 0) is 85.0 Å². The van der Waals surface area contributed by atoms with Crippen molar-refractivity contribution in [3.05, 3.63) is 29.3 Å². The van der Waals surface area contributed by atoms with Gasteiger partial charge < -0.3 is 4.18 Å². The van der Waals surface area contributed by atoms with Crippen LogP contribution in [-0.4, -0.2) is 0 Å². The highest BCUT2D eigenvalue weighted by Gasteiger charge is 2.50. The van der Waals surface area contributed by atoms with E-state index in [9.17, 15) is 0 Å². The first kappa shape index (κ1) is 15.8.